The predicted molar refractivity (Wildman–Crippen MR) is 62.4 cm³/mol. The fraction of sp³-hybridized carbons (Fsp3) is 0.500. The van der Waals surface area contributed by atoms with Gasteiger partial charge in [-0.3, -0.25) is 0 Å². The van der Waals surface area contributed by atoms with Crippen molar-refractivity contribution in [2.24, 2.45) is 5.73 Å². The molecule has 15 heavy (non-hydrogen) atoms. The van der Waals surface area contributed by atoms with Gasteiger partial charge in [-0.05, 0) is 30.5 Å². The Balaban J connectivity index is 2.47. The van der Waals surface area contributed by atoms with Gasteiger partial charge in [-0.2, -0.15) is 0 Å². The summed E-state index contributed by atoms with van der Waals surface area (Å²) in [5, 5.41) is 0.812. The second kappa shape index (κ2) is 4.12. The standard InChI is InChI=1S/C12H16ClNO/c1-9-10(3-2-4-11(9)13)12(7-14)5-6-15-8-12/h2-4H,5-8,14H2,1H3. The highest BCUT2D eigenvalue weighted by Gasteiger charge is 2.36. The molecule has 0 amide bonds. The third-order valence-corrected chi connectivity index (χ3v) is 3.74. The van der Waals surface area contributed by atoms with Crippen LogP contribution in [0.25, 0.3) is 0 Å². The number of rotatable bonds is 2. The summed E-state index contributed by atoms with van der Waals surface area (Å²) in [6.07, 6.45) is 0.991. The van der Waals surface area contributed by atoms with Gasteiger partial charge in [0.2, 0.25) is 0 Å². The molecule has 1 aliphatic heterocycles. The van der Waals surface area contributed by atoms with Gasteiger partial charge in [0.25, 0.3) is 0 Å². The Kier molecular flexibility index (Phi) is 3.01. The van der Waals surface area contributed by atoms with Gasteiger partial charge in [0.05, 0.1) is 6.61 Å². The quantitative estimate of drug-likeness (QED) is 0.838. The molecule has 0 radical (unpaired) electrons. The van der Waals surface area contributed by atoms with Gasteiger partial charge in [-0.1, -0.05) is 23.7 Å². The minimum Gasteiger partial charge on any atom is -0.380 e. The third kappa shape index (κ3) is 1.78. The predicted octanol–water partition coefficient (Wildman–Crippen LogP) is 2.27. The van der Waals surface area contributed by atoms with Crippen molar-refractivity contribution in [2.75, 3.05) is 19.8 Å². The Morgan fingerprint density at radius 3 is 2.93 bits per heavy atom. The summed E-state index contributed by atoms with van der Waals surface area (Å²) in [6.45, 7) is 4.18. The van der Waals surface area contributed by atoms with Crippen LogP contribution in [0.1, 0.15) is 17.5 Å². The molecule has 0 aliphatic carbocycles. The van der Waals surface area contributed by atoms with Crippen LogP contribution in [0.5, 0.6) is 0 Å². The van der Waals surface area contributed by atoms with E-state index in [1.165, 1.54) is 5.56 Å². The molecule has 1 unspecified atom stereocenters. The SMILES string of the molecule is Cc1c(Cl)cccc1C1(CN)CCOC1. The number of hydrogen-bond donors (Lipinski definition) is 1. The van der Waals surface area contributed by atoms with Crippen LogP contribution < -0.4 is 5.73 Å². The van der Waals surface area contributed by atoms with Crippen LogP contribution in [0, 0.1) is 6.92 Å². The molecule has 1 aliphatic rings. The second-order valence-electron chi connectivity index (χ2n) is 4.20. The van der Waals surface area contributed by atoms with E-state index in [-0.39, 0.29) is 5.41 Å². The van der Waals surface area contributed by atoms with E-state index in [9.17, 15) is 0 Å². The summed E-state index contributed by atoms with van der Waals surface area (Å²) >= 11 is 6.13. The smallest absolute Gasteiger partial charge is 0.0576 e. The van der Waals surface area contributed by atoms with Crippen molar-refractivity contribution in [1.82, 2.24) is 0 Å². The molecule has 1 fully saturated rings. The lowest BCUT2D eigenvalue weighted by Crippen LogP contribution is -2.36. The Hall–Kier alpha value is -0.570. The van der Waals surface area contributed by atoms with Crippen LogP contribution >= 0.6 is 11.6 Å². The molecule has 3 heteroatoms. The summed E-state index contributed by atoms with van der Waals surface area (Å²) in [7, 11) is 0. The minimum atomic E-state index is -0.0189. The molecular formula is C12H16ClNO. The molecule has 2 nitrogen and oxygen atoms in total. The first kappa shape index (κ1) is 10.9. The van der Waals surface area contributed by atoms with Gasteiger partial charge in [-0.15, -0.1) is 0 Å². The monoisotopic (exact) mass is 225 g/mol. The first-order valence-electron chi connectivity index (χ1n) is 5.23. The average molecular weight is 226 g/mol. The van der Waals surface area contributed by atoms with Crippen LogP contribution in [0.15, 0.2) is 18.2 Å². The van der Waals surface area contributed by atoms with E-state index in [4.69, 9.17) is 22.1 Å². The minimum absolute atomic E-state index is 0.0189. The Morgan fingerprint density at radius 2 is 2.33 bits per heavy atom. The maximum atomic E-state index is 6.13. The highest BCUT2D eigenvalue weighted by Crippen LogP contribution is 2.36. The molecule has 82 valence electrons. The zero-order valence-corrected chi connectivity index (χ0v) is 9.68. The van der Waals surface area contributed by atoms with E-state index in [1.54, 1.807) is 0 Å². The molecule has 1 heterocycles. The first-order chi connectivity index (χ1) is 7.19. The molecule has 1 aromatic rings. The van der Waals surface area contributed by atoms with Crippen LogP contribution in [-0.4, -0.2) is 19.8 Å². The first-order valence-corrected chi connectivity index (χ1v) is 5.61. The van der Waals surface area contributed by atoms with E-state index in [0.717, 1.165) is 23.6 Å². The Bertz CT molecular complexity index is 359. The van der Waals surface area contributed by atoms with E-state index in [1.807, 2.05) is 19.1 Å². The van der Waals surface area contributed by atoms with E-state index in [0.29, 0.717) is 13.2 Å². The highest BCUT2D eigenvalue weighted by molar-refractivity contribution is 6.31. The highest BCUT2D eigenvalue weighted by atomic mass is 35.5. The Morgan fingerprint density at radius 1 is 1.53 bits per heavy atom. The molecule has 0 saturated carbocycles. The van der Waals surface area contributed by atoms with Gasteiger partial charge in [0.1, 0.15) is 0 Å². The van der Waals surface area contributed by atoms with Crippen molar-refractivity contribution in [1.29, 1.82) is 0 Å². The van der Waals surface area contributed by atoms with Crippen molar-refractivity contribution in [3.05, 3.63) is 34.3 Å². The van der Waals surface area contributed by atoms with E-state index < -0.39 is 0 Å². The lowest BCUT2D eigenvalue weighted by molar-refractivity contribution is 0.178. The molecule has 0 aromatic heterocycles. The zero-order chi connectivity index (χ0) is 10.9. The number of ether oxygens (including phenoxy) is 1. The maximum absolute atomic E-state index is 6.13. The molecule has 2 rings (SSSR count). The van der Waals surface area contributed by atoms with Gasteiger partial charge in [0.15, 0.2) is 0 Å². The number of nitrogens with two attached hydrogens (primary N) is 1. The summed E-state index contributed by atoms with van der Waals surface area (Å²) < 4.78 is 5.48. The van der Waals surface area contributed by atoms with Crippen molar-refractivity contribution in [3.8, 4) is 0 Å². The topological polar surface area (TPSA) is 35.2 Å². The molecule has 0 bridgehead atoms. The molecule has 1 aromatic carbocycles. The fourth-order valence-corrected chi connectivity index (χ4v) is 2.45. The van der Waals surface area contributed by atoms with Gasteiger partial charge >= 0.3 is 0 Å². The normalized spacial score (nSPS) is 25.8. The van der Waals surface area contributed by atoms with Crippen LogP contribution in [0.2, 0.25) is 5.02 Å². The second-order valence-corrected chi connectivity index (χ2v) is 4.61. The number of hydrogen-bond acceptors (Lipinski definition) is 2. The van der Waals surface area contributed by atoms with Crippen LogP contribution in [0.4, 0.5) is 0 Å². The fourth-order valence-electron chi connectivity index (χ4n) is 2.27. The molecule has 1 saturated heterocycles. The molecule has 0 spiro atoms. The van der Waals surface area contributed by atoms with Crippen molar-refractivity contribution in [3.63, 3.8) is 0 Å². The summed E-state index contributed by atoms with van der Waals surface area (Å²) in [4.78, 5) is 0. The molecule has 1 atom stereocenters. The van der Waals surface area contributed by atoms with E-state index >= 15 is 0 Å². The number of halogens is 1. The Labute approximate surface area is 95.4 Å². The third-order valence-electron chi connectivity index (χ3n) is 3.33. The molecule has 2 N–H and O–H groups in total. The lowest BCUT2D eigenvalue weighted by atomic mass is 9.78. The van der Waals surface area contributed by atoms with E-state index in [2.05, 4.69) is 6.07 Å². The zero-order valence-electron chi connectivity index (χ0n) is 8.92. The molecular weight excluding hydrogens is 210 g/mol. The van der Waals surface area contributed by atoms with Gasteiger partial charge in [-0.25, -0.2) is 0 Å². The van der Waals surface area contributed by atoms with Crippen molar-refractivity contribution in [2.45, 2.75) is 18.8 Å². The summed E-state index contributed by atoms with van der Waals surface area (Å²) in [6, 6.07) is 6.02. The summed E-state index contributed by atoms with van der Waals surface area (Å²) in [5.74, 6) is 0. The van der Waals surface area contributed by atoms with Crippen LogP contribution in [-0.2, 0) is 10.2 Å². The van der Waals surface area contributed by atoms with Crippen molar-refractivity contribution >= 4 is 11.6 Å². The van der Waals surface area contributed by atoms with Crippen molar-refractivity contribution < 1.29 is 4.74 Å². The number of benzene rings is 1. The van der Waals surface area contributed by atoms with Gasteiger partial charge in [0, 0.05) is 23.6 Å². The largest absolute Gasteiger partial charge is 0.380 e. The van der Waals surface area contributed by atoms with Crippen LogP contribution in [0.3, 0.4) is 0 Å². The average Bonchev–Trinajstić information content (AvgIpc) is 2.72. The maximum Gasteiger partial charge on any atom is 0.0576 e. The van der Waals surface area contributed by atoms with Gasteiger partial charge < -0.3 is 10.5 Å². The lowest BCUT2D eigenvalue weighted by Gasteiger charge is -2.28. The summed E-state index contributed by atoms with van der Waals surface area (Å²) in [5.41, 5.74) is 8.26.